The van der Waals surface area contributed by atoms with Crippen molar-refractivity contribution in [2.24, 2.45) is 0 Å². The van der Waals surface area contributed by atoms with Crippen LogP contribution >= 0.6 is 23.4 Å². The lowest BCUT2D eigenvalue weighted by molar-refractivity contribution is -0.117. The summed E-state index contributed by atoms with van der Waals surface area (Å²) in [6.45, 7) is 0. The Morgan fingerprint density at radius 1 is 1.00 bits per heavy atom. The van der Waals surface area contributed by atoms with Crippen LogP contribution in [0.1, 0.15) is 5.56 Å². The maximum absolute atomic E-state index is 13.4. The molecule has 0 aliphatic carbocycles. The first-order valence-electron chi connectivity index (χ1n) is 9.88. The summed E-state index contributed by atoms with van der Waals surface area (Å²) < 4.78 is 0. The van der Waals surface area contributed by atoms with E-state index in [9.17, 15) is 14.9 Å². The summed E-state index contributed by atoms with van der Waals surface area (Å²) in [5.74, 6) is -0.782. The van der Waals surface area contributed by atoms with E-state index in [0.717, 1.165) is 5.56 Å². The normalized spacial score (nSPS) is 17.1. The number of amides is 2. The number of para-hydroxylation sites is 2. The highest BCUT2D eigenvalue weighted by Gasteiger charge is 2.40. The van der Waals surface area contributed by atoms with E-state index in [2.05, 4.69) is 5.32 Å². The molecule has 3 aromatic carbocycles. The van der Waals surface area contributed by atoms with Gasteiger partial charge in [0, 0.05) is 5.69 Å². The first-order valence-corrected chi connectivity index (χ1v) is 11.1. The number of rotatable bonds is 5. The van der Waals surface area contributed by atoms with Gasteiger partial charge in [-0.15, -0.1) is 0 Å². The highest BCUT2D eigenvalue weighted by Crippen LogP contribution is 2.42. The zero-order valence-corrected chi connectivity index (χ0v) is 18.4. The lowest BCUT2D eigenvalue weighted by Crippen LogP contribution is -2.30. The predicted molar refractivity (Wildman–Crippen MR) is 128 cm³/mol. The molecule has 0 spiro atoms. The second-order valence-corrected chi connectivity index (χ2v) is 8.63. The van der Waals surface area contributed by atoms with Gasteiger partial charge in [0.2, 0.25) is 5.91 Å². The van der Waals surface area contributed by atoms with Crippen LogP contribution in [0.3, 0.4) is 0 Å². The van der Waals surface area contributed by atoms with Crippen LogP contribution in [0.5, 0.6) is 0 Å². The Kier molecular flexibility index (Phi) is 6.60. The third-order valence-corrected chi connectivity index (χ3v) is 6.50. The van der Waals surface area contributed by atoms with E-state index in [1.165, 1.54) is 16.7 Å². The second kappa shape index (κ2) is 9.73. The number of halogens is 1. The lowest BCUT2D eigenvalue weighted by Gasteiger charge is -2.18. The molecule has 0 saturated carbocycles. The average Bonchev–Trinajstić information content (AvgIpc) is 3.12. The van der Waals surface area contributed by atoms with Crippen LogP contribution in [0.4, 0.5) is 11.4 Å². The van der Waals surface area contributed by atoms with Crippen LogP contribution in [0, 0.1) is 11.3 Å². The lowest BCUT2D eigenvalue weighted by atomic mass is 10.1. The topological polar surface area (TPSA) is 73.2 Å². The summed E-state index contributed by atoms with van der Waals surface area (Å²) in [6.07, 6.45) is 0.488. The molecule has 1 aliphatic rings. The van der Waals surface area contributed by atoms with Gasteiger partial charge in [-0.3, -0.25) is 14.5 Å². The molecule has 1 heterocycles. The maximum atomic E-state index is 13.4. The van der Waals surface area contributed by atoms with Gasteiger partial charge in [-0.25, -0.2) is 0 Å². The van der Waals surface area contributed by atoms with Gasteiger partial charge in [0.1, 0.15) is 16.7 Å². The molecule has 1 N–H and O–H groups in total. The van der Waals surface area contributed by atoms with Crippen molar-refractivity contribution in [2.45, 2.75) is 11.7 Å². The summed E-state index contributed by atoms with van der Waals surface area (Å²) in [6, 6.07) is 27.5. The van der Waals surface area contributed by atoms with Gasteiger partial charge in [0.15, 0.2) is 0 Å². The molecule has 0 aromatic heterocycles. The highest BCUT2D eigenvalue weighted by atomic mass is 35.5. The van der Waals surface area contributed by atoms with E-state index in [1.54, 1.807) is 36.4 Å². The number of thioether (sulfide) groups is 1. The fourth-order valence-electron chi connectivity index (χ4n) is 3.37. The van der Waals surface area contributed by atoms with Crippen LogP contribution in [0.15, 0.2) is 95.5 Å². The molecule has 158 valence electrons. The summed E-state index contributed by atoms with van der Waals surface area (Å²) in [5.41, 5.74) is 1.87. The van der Waals surface area contributed by atoms with Crippen molar-refractivity contribution in [3.8, 4) is 6.07 Å². The molecule has 4 rings (SSSR count). The van der Waals surface area contributed by atoms with Gasteiger partial charge in [-0.2, -0.15) is 5.26 Å². The molecule has 3 aromatic rings. The van der Waals surface area contributed by atoms with Gasteiger partial charge < -0.3 is 5.32 Å². The van der Waals surface area contributed by atoms with Gasteiger partial charge in [0.25, 0.3) is 5.91 Å². The molecule has 0 unspecified atom stereocenters. The summed E-state index contributed by atoms with van der Waals surface area (Å²) in [5, 5.41) is 12.8. The molecule has 5 nitrogen and oxygen atoms in total. The molecule has 1 fully saturated rings. The first kappa shape index (κ1) is 21.7. The summed E-state index contributed by atoms with van der Waals surface area (Å²) >= 11 is 7.39. The Bertz CT molecular complexity index is 1220. The Morgan fingerprint density at radius 2 is 1.62 bits per heavy atom. The van der Waals surface area contributed by atoms with Crippen molar-refractivity contribution >= 4 is 46.6 Å². The molecule has 1 aliphatic heterocycles. The minimum absolute atomic E-state index is 0.136. The maximum Gasteiger partial charge on any atom is 0.269 e. The quantitative estimate of drug-likeness (QED) is 0.409. The Hall–Kier alpha value is -3.53. The van der Waals surface area contributed by atoms with Crippen molar-refractivity contribution in [1.29, 1.82) is 5.26 Å². The number of nitrogens with zero attached hydrogens (tertiary/aromatic N) is 2. The van der Waals surface area contributed by atoms with Crippen molar-refractivity contribution in [2.75, 3.05) is 10.2 Å². The fraction of sp³-hybridized carbons (Fsp3) is 0.0800. The Labute approximate surface area is 195 Å². The zero-order valence-electron chi connectivity index (χ0n) is 16.9. The average molecular weight is 460 g/mol. The van der Waals surface area contributed by atoms with E-state index in [-0.39, 0.29) is 11.5 Å². The fourth-order valence-corrected chi connectivity index (χ4v) is 4.87. The molecule has 0 radical (unpaired) electrons. The number of nitrogens with one attached hydrogen (secondary N) is 1. The van der Waals surface area contributed by atoms with Gasteiger partial charge in [-0.05, 0) is 36.2 Å². The van der Waals surface area contributed by atoms with Crippen molar-refractivity contribution in [3.63, 3.8) is 0 Å². The molecular formula is C25H18ClN3O2S. The van der Waals surface area contributed by atoms with E-state index in [0.29, 0.717) is 27.8 Å². The first-order chi connectivity index (χ1) is 15.6. The highest BCUT2D eigenvalue weighted by molar-refractivity contribution is 8.05. The largest absolute Gasteiger partial charge is 0.320 e. The minimum atomic E-state index is -0.614. The van der Waals surface area contributed by atoms with Crippen LogP contribution in [-0.4, -0.2) is 17.1 Å². The van der Waals surface area contributed by atoms with Gasteiger partial charge >= 0.3 is 0 Å². The number of carbonyl (C=O) groups is 2. The number of hydrogen-bond donors (Lipinski definition) is 1. The van der Waals surface area contributed by atoms with Crippen molar-refractivity contribution in [1.82, 2.24) is 0 Å². The standard InChI is InChI=1S/C25H18ClN3O2S/c26-20-13-7-8-14-21(20)28-23(30)19(16-27)25-29(18-11-5-2-6-12-18)24(31)22(32-25)15-17-9-3-1-4-10-17/h1-14,22H,15H2,(H,28,30)/b25-19-/t22-/m0/s1. The van der Waals surface area contributed by atoms with Crippen LogP contribution < -0.4 is 10.2 Å². The van der Waals surface area contributed by atoms with E-state index in [4.69, 9.17) is 11.6 Å². The van der Waals surface area contributed by atoms with Crippen molar-refractivity contribution < 1.29 is 9.59 Å². The second-order valence-electron chi connectivity index (χ2n) is 7.03. The van der Waals surface area contributed by atoms with Crippen LogP contribution in [0.25, 0.3) is 0 Å². The molecule has 1 atom stereocenters. The number of hydrogen-bond acceptors (Lipinski definition) is 4. The molecular weight excluding hydrogens is 442 g/mol. The Balaban J connectivity index is 1.72. The summed E-state index contributed by atoms with van der Waals surface area (Å²) in [7, 11) is 0. The van der Waals surface area contributed by atoms with E-state index < -0.39 is 11.2 Å². The van der Waals surface area contributed by atoms with Gasteiger partial charge in [0.05, 0.1) is 16.0 Å². The predicted octanol–water partition coefficient (Wildman–Crippen LogP) is 5.40. The minimum Gasteiger partial charge on any atom is -0.320 e. The van der Waals surface area contributed by atoms with E-state index >= 15 is 0 Å². The zero-order chi connectivity index (χ0) is 22.5. The number of benzene rings is 3. The molecule has 0 bridgehead atoms. The summed E-state index contributed by atoms with van der Waals surface area (Å²) in [4.78, 5) is 27.9. The van der Waals surface area contributed by atoms with Crippen LogP contribution in [0.2, 0.25) is 5.02 Å². The molecule has 1 saturated heterocycles. The molecule has 32 heavy (non-hydrogen) atoms. The SMILES string of the molecule is N#C/C(C(=O)Nc1ccccc1Cl)=C1/S[C@@H](Cc2ccccc2)C(=O)N1c1ccccc1. The number of anilines is 2. The number of carbonyl (C=O) groups excluding carboxylic acids is 2. The Morgan fingerprint density at radius 3 is 2.28 bits per heavy atom. The van der Waals surface area contributed by atoms with Gasteiger partial charge in [-0.1, -0.05) is 84.0 Å². The van der Waals surface area contributed by atoms with Crippen molar-refractivity contribution in [3.05, 3.63) is 106 Å². The van der Waals surface area contributed by atoms with E-state index in [1.807, 2.05) is 54.6 Å². The smallest absolute Gasteiger partial charge is 0.269 e. The third-order valence-electron chi connectivity index (χ3n) is 4.91. The molecule has 7 heteroatoms. The third kappa shape index (κ3) is 4.54. The number of nitriles is 1. The molecule has 2 amide bonds. The monoisotopic (exact) mass is 459 g/mol. The van der Waals surface area contributed by atoms with Crippen LogP contribution in [-0.2, 0) is 16.0 Å².